The highest BCUT2D eigenvalue weighted by Crippen LogP contribution is 2.23. The summed E-state index contributed by atoms with van der Waals surface area (Å²) in [5, 5.41) is 1.06. The Hall–Kier alpha value is -2.16. The number of aromatic amines is 1. The van der Waals surface area contributed by atoms with Gasteiger partial charge in [-0.1, -0.05) is 12.7 Å². The molecule has 0 atom stereocenters. The first kappa shape index (κ1) is 11.3. The third kappa shape index (κ3) is 2.33. The number of aryl methyl sites for hydroxylation is 1. The van der Waals surface area contributed by atoms with E-state index < -0.39 is 0 Å². The molecule has 0 aliphatic heterocycles. The Morgan fingerprint density at radius 1 is 1.53 bits per heavy atom. The summed E-state index contributed by atoms with van der Waals surface area (Å²) >= 11 is 0. The van der Waals surface area contributed by atoms with E-state index in [4.69, 9.17) is 0 Å². The monoisotopic (exact) mass is 225 g/mol. The van der Waals surface area contributed by atoms with Crippen LogP contribution in [0.2, 0.25) is 0 Å². The summed E-state index contributed by atoms with van der Waals surface area (Å²) in [5.74, 6) is 0. The van der Waals surface area contributed by atoms with Crippen LogP contribution in [-0.2, 0) is 0 Å². The topological polar surface area (TPSA) is 41.0 Å². The number of rotatable bonds is 3. The first-order chi connectivity index (χ1) is 8.22. The van der Waals surface area contributed by atoms with E-state index in [9.17, 15) is 0 Å². The third-order valence-electron chi connectivity index (χ3n) is 2.49. The molecule has 0 unspecified atom stereocenters. The largest absolute Gasteiger partial charge is 0.345 e. The predicted octanol–water partition coefficient (Wildman–Crippen LogP) is 3.49. The van der Waals surface area contributed by atoms with E-state index in [1.54, 1.807) is 6.21 Å². The minimum absolute atomic E-state index is 0.738. The molecule has 0 fully saturated rings. The van der Waals surface area contributed by atoms with Gasteiger partial charge < -0.3 is 4.98 Å². The minimum Gasteiger partial charge on any atom is -0.345 e. The molecule has 0 bridgehead atoms. The predicted molar refractivity (Wildman–Crippen MR) is 73.2 cm³/mol. The Morgan fingerprint density at radius 3 is 3.12 bits per heavy atom. The van der Waals surface area contributed by atoms with Crippen LogP contribution in [0.3, 0.4) is 0 Å². The number of allylic oxidation sites excluding steroid dienone is 2. The molecule has 0 spiro atoms. The average molecular weight is 225 g/mol. The number of hydrogen-bond acceptors (Lipinski definition) is 2. The Morgan fingerprint density at radius 2 is 2.35 bits per heavy atom. The van der Waals surface area contributed by atoms with Gasteiger partial charge in [-0.2, -0.15) is 0 Å². The van der Waals surface area contributed by atoms with Crippen molar-refractivity contribution in [3.8, 4) is 0 Å². The highest BCUT2D eigenvalue weighted by molar-refractivity contribution is 5.92. The molecule has 17 heavy (non-hydrogen) atoms. The molecule has 0 aliphatic rings. The molecule has 2 aromatic heterocycles. The number of H-pyrrole nitrogens is 1. The van der Waals surface area contributed by atoms with Gasteiger partial charge in [0.2, 0.25) is 0 Å². The average Bonchev–Trinajstić information content (AvgIpc) is 2.72. The molecule has 0 amide bonds. The van der Waals surface area contributed by atoms with Gasteiger partial charge in [-0.15, -0.1) is 0 Å². The number of aromatic nitrogens is 2. The van der Waals surface area contributed by atoms with Crippen molar-refractivity contribution < 1.29 is 0 Å². The third-order valence-corrected chi connectivity index (χ3v) is 2.49. The number of nitrogens with zero attached hydrogens (tertiary/aromatic N) is 2. The van der Waals surface area contributed by atoms with Crippen LogP contribution >= 0.6 is 0 Å². The lowest BCUT2D eigenvalue weighted by Crippen LogP contribution is -1.81. The van der Waals surface area contributed by atoms with Crippen molar-refractivity contribution in [3.05, 3.63) is 48.3 Å². The van der Waals surface area contributed by atoms with Crippen LogP contribution in [0.4, 0.5) is 0 Å². The molecule has 2 heterocycles. The summed E-state index contributed by atoms with van der Waals surface area (Å²) in [4.78, 5) is 11.7. The number of fused-ring (bicyclic) bond motifs is 1. The van der Waals surface area contributed by atoms with Crippen molar-refractivity contribution in [3.63, 3.8) is 0 Å². The molecule has 3 heteroatoms. The zero-order chi connectivity index (χ0) is 12.3. The van der Waals surface area contributed by atoms with Gasteiger partial charge in [0.25, 0.3) is 0 Å². The smallest absolute Gasteiger partial charge is 0.137 e. The maximum atomic E-state index is 4.32. The van der Waals surface area contributed by atoms with E-state index in [2.05, 4.69) is 27.6 Å². The molecular formula is C14H15N3. The molecule has 0 saturated heterocycles. The summed E-state index contributed by atoms with van der Waals surface area (Å²) in [5.41, 5.74) is 3.73. The van der Waals surface area contributed by atoms with Crippen LogP contribution in [0.5, 0.6) is 0 Å². The number of hydrogen-bond donors (Lipinski definition) is 1. The standard InChI is InChI=1S/C14H15N3/c1-4-5-6-15-11(3)13-9-17-14-12(13)7-10(2)8-16-14/h4-9H,3H2,1-2H3,(H,16,17)/b5-4-,15-6-. The molecule has 0 radical (unpaired) electrons. The first-order valence-corrected chi connectivity index (χ1v) is 5.50. The Labute approximate surface area is 101 Å². The fraction of sp³-hybridized carbons (Fsp3) is 0.143. The number of aliphatic imine (C=N–C) groups is 1. The van der Waals surface area contributed by atoms with E-state index in [0.29, 0.717) is 0 Å². The van der Waals surface area contributed by atoms with Crippen LogP contribution in [-0.4, -0.2) is 16.2 Å². The molecule has 0 saturated carbocycles. The summed E-state index contributed by atoms with van der Waals surface area (Å²) in [7, 11) is 0. The van der Waals surface area contributed by atoms with Gasteiger partial charge in [0.05, 0.1) is 5.70 Å². The fourth-order valence-electron chi connectivity index (χ4n) is 1.64. The second kappa shape index (κ2) is 4.78. The quantitative estimate of drug-likeness (QED) is 0.798. The van der Waals surface area contributed by atoms with E-state index in [-0.39, 0.29) is 0 Å². The molecule has 0 aliphatic carbocycles. The molecular weight excluding hydrogens is 210 g/mol. The maximum absolute atomic E-state index is 4.32. The summed E-state index contributed by atoms with van der Waals surface area (Å²) in [6.45, 7) is 7.94. The minimum atomic E-state index is 0.738. The van der Waals surface area contributed by atoms with Crippen molar-refractivity contribution in [2.24, 2.45) is 4.99 Å². The van der Waals surface area contributed by atoms with Gasteiger partial charge >= 0.3 is 0 Å². The van der Waals surface area contributed by atoms with E-state index >= 15 is 0 Å². The summed E-state index contributed by atoms with van der Waals surface area (Å²) in [6, 6.07) is 2.09. The zero-order valence-electron chi connectivity index (χ0n) is 10.1. The van der Waals surface area contributed by atoms with Crippen LogP contribution in [0.1, 0.15) is 18.1 Å². The SMILES string of the molecule is C=C(/N=C\C=C/C)c1c[nH]c2ncc(C)cc12. The van der Waals surface area contributed by atoms with Gasteiger partial charge in [-0.3, -0.25) is 4.99 Å². The fourth-order valence-corrected chi connectivity index (χ4v) is 1.64. The van der Waals surface area contributed by atoms with Crippen LogP contribution < -0.4 is 0 Å². The molecule has 2 rings (SSSR count). The van der Waals surface area contributed by atoms with Gasteiger partial charge in [0, 0.05) is 29.6 Å². The molecule has 2 aromatic rings. The Kier molecular flexibility index (Phi) is 3.19. The van der Waals surface area contributed by atoms with Crippen LogP contribution in [0, 0.1) is 6.92 Å². The Bertz CT molecular complexity index is 603. The zero-order valence-corrected chi connectivity index (χ0v) is 10.1. The lowest BCUT2D eigenvalue weighted by molar-refractivity contribution is 1.29. The first-order valence-electron chi connectivity index (χ1n) is 5.50. The molecule has 3 nitrogen and oxygen atoms in total. The number of pyridine rings is 1. The van der Waals surface area contributed by atoms with Gasteiger partial charge in [-0.25, -0.2) is 4.98 Å². The molecule has 86 valence electrons. The van der Waals surface area contributed by atoms with Crippen molar-refractivity contribution >= 4 is 22.9 Å². The van der Waals surface area contributed by atoms with Crippen LogP contribution in [0.15, 0.2) is 42.2 Å². The highest BCUT2D eigenvalue weighted by atomic mass is 14.8. The maximum Gasteiger partial charge on any atom is 0.137 e. The van der Waals surface area contributed by atoms with Crippen molar-refractivity contribution in [2.45, 2.75) is 13.8 Å². The number of nitrogens with one attached hydrogen (secondary N) is 1. The second-order valence-corrected chi connectivity index (χ2v) is 3.86. The van der Waals surface area contributed by atoms with Crippen molar-refractivity contribution in [2.75, 3.05) is 0 Å². The highest BCUT2D eigenvalue weighted by Gasteiger charge is 2.06. The summed E-state index contributed by atoms with van der Waals surface area (Å²) < 4.78 is 0. The lowest BCUT2D eigenvalue weighted by Gasteiger charge is -1.98. The summed E-state index contributed by atoms with van der Waals surface area (Å²) in [6.07, 6.45) is 9.28. The molecule has 0 aromatic carbocycles. The van der Waals surface area contributed by atoms with E-state index in [1.807, 2.05) is 38.4 Å². The second-order valence-electron chi connectivity index (χ2n) is 3.86. The van der Waals surface area contributed by atoms with Crippen molar-refractivity contribution in [1.82, 2.24) is 9.97 Å². The normalized spacial score (nSPS) is 11.9. The van der Waals surface area contributed by atoms with E-state index in [1.165, 1.54) is 0 Å². The van der Waals surface area contributed by atoms with Gasteiger partial charge in [-0.05, 0) is 31.6 Å². The van der Waals surface area contributed by atoms with Crippen LogP contribution in [0.25, 0.3) is 16.7 Å². The van der Waals surface area contributed by atoms with Gasteiger partial charge in [0.15, 0.2) is 0 Å². The lowest BCUT2D eigenvalue weighted by atomic mass is 10.1. The molecule has 1 N–H and O–H groups in total. The van der Waals surface area contributed by atoms with E-state index in [0.717, 1.165) is 27.9 Å². The van der Waals surface area contributed by atoms with Crippen molar-refractivity contribution in [1.29, 1.82) is 0 Å². The Balaban J connectivity index is 2.42. The van der Waals surface area contributed by atoms with Gasteiger partial charge in [0.1, 0.15) is 5.65 Å².